The van der Waals surface area contributed by atoms with Crippen molar-refractivity contribution in [1.29, 1.82) is 0 Å². The largest absolute Gasteiger partial charge is 0.481 e. The van der Waals surface area contributed by atoms with Gasteiger partial charge in [-0.25, -0.2) is 0 Å². The van der Waals surface area contributed by atoms with Gasteiger partial charge in [0.2, 0.25) is 0 Å². The van der Waals surface area contributed by atoms with E-state index in [1.165, 1.54) is 26.6 Å². The molecule has 25 heavy (non-hydrogen) atoms. The molecule has 5 heteroatoms. The van der Waals surface area contributed by atoms with Crippen LogP contribution in [0.15, 0.2) is 52.3 Å². The molecule has 0 aromatic heterocycles. The number of carboxylic acid groups (broad SMARTS) is 1. The highest BCUT2D eigenvalue weighted by Gasteiger charge is 2.14. The molecule has 2 aromatic rings. The number of aliphatic carboxylic acids is 1. The monoisotopic (exact) mass is 358 g/mol. The first-order valence-corrected chi connectivity index (χ1v) is 9.28. The minimum absolute atomic E-state index is 0.833. The van der Waals surface area contributed by atoms with E-state index in [1.54, 1.807) is 0 Å². The van der Waals surface area contributed by atoms with Gasteiger partial charge < -0.3 is 15.3 Å². The van der Waals surface area contributed by atoms with Gasteiger partial charge in [0, 0.05) is 42.9 Å². The van der Waals surface area contributed by atoms with Crippen LogP contribution in [0.25, 0.3) is 0 Å². The van der Waals surface area contributed by atoms with Gasteiger partial charge in [-0.15, -0.1) is 0 Å². The topological polar surface area (TPSA) is 52.6 Å². The van der Waals surface area contributed by atoms with Gasteiger partial charge in [0.05, 0.1) is 5.69 Å². The molecule has 3 rings (SSSR count). The number of nitrogens with one attached hydrogen (secondary N) is 1. The van der Waals surface area contributed by atoms with Gasteiger partial charge >= 0.3 is 0 Å². The summed E-state index contributed by atoms with van der Waals surface area (Å²) in [6.45, 7) is 9.75. The number of hydrogen-bond donors (Lipinski definition) is 2. The molecule has 0 spiro atoms. The maximum Gasteiger partial charge on any atom is 0.300 e. The number of carbonyl (C=O) groups is 1. The lowest BCUT2D eigenvalue weighted by Crippen LogP contribution is -2.43. The van der Waals surface area contributed by atoms with Crippen LogP contribution in [0.4, 0.5) is 5.69 Å². The van der Waals surface area contributed by atoms with Crippen LogP contribution in [0.2, 0.25) is 0 Å². The predicted molar refractivity (Wildman–Crippen MR) is 105 cm³/mol. The molecule has 0 bridgehead atoms. The summed E-state index contributed by atoms with van der Waals surface area (Å²) in [6.07, 6.45) is 0. The molecule has 1 heterocycles. The van der Waals surface area contributed by atoms with E-state index in [1.807, 2.05) is 11.8 Å². The van der Waals surface area contributed by atoms with Gasteiger partial charge in [0.15, 0.2) is 0 Å². The Balaban J connectivity index is 0.000000511. The third-order valence-electron chi connectivity index (χ3n) is 3.87. The molecule has 2 aromatic carbocycles. The fourth-order valence-electron chi connectivity index (χ4n) is 2.74. The number of para-hydroxylation sites is 1. The standard InChI is InChI=1S/C18H22N2S.C2H4O2/c1-14-7-8-17(15(2)13-14)21-18-6-4-3-5-16(18)20-11-9-19-10-12-20;1-2(3)4/h3-8,13,19H,9-12H2,1-2H3;1H3,(H,3,4). The minimum atomic E-state index is -0.833. The van der Waals surface area contributed by atoms with Crippen molar-refractivity contribution in [2.75, 3.05) is 31.1 Å². The van der Waals surface area contributed by atoms with E-state index in [-0.39, 0.29) is 0 Å². The Hall–Kier alpha value is -1.98. The van der Waals surface area contributed by atoms with Crippen molar-refractivity contribution in [3.63, 3.8) is 0 Å². The Bertz CT molecular complexity index is 709. The molecule has 134 valence electrons. The quantitative estimate of drug-likeness (QED) is 0.870. The smallest absolute Gasteiger partial charge is 0.300 e. The van der Waals surface area contributed by atoms with Crippen molar-refractivity contribution in [3.05, 3.63) is 53.6 Å². The Kier molecular flexibility index (Phi) is 7.34. The van der Waals surface area contributed by atoms with E-state index >= 15 is 0 Å². The second kappa shape index (κ2) is 9.49. The molecule has 0 amide bonds. The van der Waals surface area contributed by atoms with Crippen LogP contribution in [0, 0.1) is 13.8 Å². The molecule has 0 unspecified atom stereocenters. The summed E-state index contributed by atoms with van der Waals surface area (Å²) in [5, 5.41) is 10.8. The molecule has 0 atom stereocenters. The van der Waals surface area contributed by atoms with Crippen LogP contribution in [0.3, 0.4) is 0 Å². The van der Waals surface area contributed by atoms with Crippen molar-refractivity contribution in [3.8, 4) is 0 Å². The molecule has 1 aliphatic rings. The average Bonchev–Trinajstić information content (AvgIpc) is 2.58. The Morgan fingerprint density at radius 2 is 1.72 bits per heavy atom. The van der Waals surface area contributed by atoms with E-state index in [2.05, 4.69) is 66.5 Å². The predicted octanol–water partition coefficient (Wildman–Crippen LogP) is 3.96. The van der Waals surface area contributed by atoms with Crippen molar-refractivity contribution in [1.82, 2.24) is 5.32 Å². The summed E-state index contributed by atoms with van der Waals surface area (Å²) in [7, 11) is 0. The molecular formula is C20H26N2O2S. The van der Waals surface area contributed by atoms with Crippen LogP contribution in [0.5, 0.6) is 0 Å². The highest BCUT2D eigenvalue weighted by Crippen LogP contribution is 2.37. The average molecular weight is 359 g/mol. The number of aryl methyl sites for hydroxylation is 2. The maximum atomic E-state index is 9.00. The first-order valence-electron chi connectivity index (χ1n) is 8.46. The third-order valence-corrected chi connectivity index (χ3v) is 5.12. The molecule has 2 N–H and O–H groups in total. The van der Waals surface area contributed by atoms with Crippen molar-refractivity contribution >= 4 is 23.4 Å². The maximum absolute atomic E-state index is 9.00. The first kappa shape index (κ1) is 19.3. The van der Waals surface area contributed by atoms with Crippen LogP contribution >= 0.6 is 11.8 Å². The molecule has 0 aliphatic carbocycles. The van der Waals surface area contributed by atoms with Crippen LogP contribution in [-0.2, 0) is 4.79 Å². The molecule has 1 saturated heterocycles. The highest BCUT2D eigenvalue weighted by atomic mass is 32.2. The number of carboxylic acids is 1. The molecule has 4 nitrogen and oxygen atoms in total. The Morgan fingerprint density at radius 1 is 1.08 bits per heavy atom. The first-order chi connectivity index (χ1) is 12.0. The lowest BCUT2D eigenvalue weighted by Gasteiger charge is -2.31. The van der Waals surface area contributed by atoms with Gasteiger partial charge in [-0.3, -0.25) is 4.79 Å². The second-order valence-electron chi connectivity index (χ2n) is 6.09. The number of nitrogens with zero attached hydrogens (tertiary/aromatic N) is 1. The lowest BCUT2D eigenvalue weighted by molar-refractivity contribution is -0.134. The van der Waals surface area contributed by atoms with Gasteiger partial charge in [0.25, 0.3) is 5.97 Å². The highest BCUT2D eigenvalue weighted by molar-refractivity contribution is 7.99. The third kappa shape index (κ3) is 6.11. The lowest BCUT2D eigenvalue weighted by atomic mass is 10.2. The van der Waals surface area contributed by atoms with Gasteiger partial charge in [-0.2, -0.15) is 0 Å². The molecule has 1 aliphatic heterocycles. The SMILES string of the molecule is CC(=O)O.Cc1ccc(Sc2ccccc2N2CCNCC2)c(C)c1. The minimum Gasteiger partial charge on any atom is -0.481 e. The summed E-state index contributed by atoms with van der Waals surface area (Å²) in [6, 6.07) is 15.5. The number of benzene rings is 2. The molecule has 0 radical (unpaired) electrons. The van der Waals surface area contributed by atoms with Crippen molar-refractivity contribution in [2.45, 2.75) is 30.6 Å². The summed E-state index contributed by atoms with van der Waals surface area (Å²) >= 11 is 1.88. The summed E-state index contributed by atoms with van der Waals surface area (Å²) < 4.78 is 0. The number of piperazine rings is 1. The molecular weight excluding hydrogens is 332 g/mol. The summed E-state index contributed by atoms with van der Waals surface area (Å²) in [5.41, 5.74) is 4.05. The molecule has 1 fully saturated rings. The van der Waals surface area contributed by atoms with Crippen molar-refractivity contribution < 1.29 is 9.90 Å². The number of anilines is 1. The van der Waals surface area contributed by atoms with Crippen LogP contribution < -0.4 is 10.2 Å². The number of hydrogen-bond acceptors (Lipinski definition) is 4. The van der Waals surface area contributed by atoms with Crippen LogP contribution in [-0.4, -0.2) is 37.3 Å². The second-order valence-corrected chi connectivity index (χ2v) is 7.18. The van der Waals surface area contributed by atoms with E-state index in [4.69, 9.17) is 9.90 Å². The number of rotatable bonds is 3. The van der Waals surface area contributed by atoms with E-state index in [0.717, 1.165) is 33.1 Å². The fraction of sp³-hybridized carbons (Fsp3) is 0.350. The Labute approximate surface area is 154 Å². The van der Waals surface area contributed by atoms with E-state index in [0.29, 0.717) is 0 Å². The van der Waals surface area contributed by atoms with E-state index < -0.39 is 5.97 Å². The summed E-state index contributed by atoms with van der Waals surface area (Å²) in [5.74, 6) is -0.833. The zero-order valence-corrected chi connectivity index (χ0v) is 15.9. The molecule has 0 saturated carbocycles. The van der Waals surface area contributed by atoms with Crippen LogP contribution in [0.1, 0.15) is 18.1 Å². The van der Waals surface area contributed by atoms with Gasteiger partial charge in [0.1, 0.15) is 0 Å². The van der Waals surface area contributed by atoms with Gasteiger partial charge in [-0.1, -0.05) is 41.6 Å². The fourth-order valence-corrected chi connectivity index (χ4v) is 3.78. The van der Waals surface area contributed by atoms with Crippen molar-refractivity contribution in [2.24, 2.45) is 0 Å². The van der Waals surface area contributed by atoms with E-state index in [9.17, 15) is 0 Å². The Morgan fingerprint density at radius 3 is 2.36 bits per heavy atom. The zero-order valence-electron chi connectivity index (χ0n) is 15.1. The normalized spacial score (nSPS) is 13.8. The zero-order chi connectivity index (χ0) is 18.2. The summed E-state index contributed by atoms with van der Waals surface area (Å²) in [4.78, 5) is 14.2. The van der Waals surface area contributed by atoms with Gasteiger partial charge in [-0.05, 0) is 37.6 Å².